The summed E-state index contributed by atoms with van der Waals surface area (Å²) in [6, 6.07) is 12.2. The van der Waals surface area contributed by atoms with Gasteiger partial charge in [-0.25, -0.2) is 0 Å². The van der Waals surface area contributed by atoms with Gasteiger partial charge in [0.1, 0.15) is 5.75 Å². The monoisotopic (exact) mass is 402 g/mol. The van der Waals surface area contributed by atoms with Gasteiger partial charge in [0.05, 0.1) is 11.3 Å². The molecule has 0 saturated heterocycles. The first-order chi connectivity index (χ1) is 13.3. The fraction of sp³-hybridized carbons (Fsp3) is 0.364. The molecule has 0 fully saturated rings. The van der Waals surface area contributed by atoms with Crippen LogP contribution in [0.3, 0.4) is 0 Å². The van der Waals surface area contributed by atoms with E-state index in [1.165, 1.54) is 0 Å². The Kier molecular flexibility index (Phi) is 7.88. The maximum atomic E-state index is 12.7. The van der Waals surface area contributed by atoms with Crippen LogP contribution in [0.5, 0.6) is 5.75 Å². The van der Waals surface area contributed by atoms with Crippen molar-refractivity contribution >= 4 is 29.1 Å². The summed E-state index contributed by atoms with van der Waals surface area (Å²) in [6.45, 7) is 8.36. The molecule has 0 aliphatic carbocycles. The number of ether oxygens (including phenoxy) is 1. The van der Waals surface area contributed by atoms with Gasteiger partial charge in [0, 0.05) is 11.6 Å². The maximum absolute atomic E-state index is 12.7. The maximum Gasteiger partial charge on any atom is 0.265 e. The SMILES string of the molecule is CC[C@H](Oc1ccc(Cl)c(C)c1)C(=O)Nc1ccccc1C(=O)NCC(C)C. The van der Waals surface area contributed by atoms with Crippen LogP contribution >= 0.6 is 11.6 Å². The molecule has 6 heteroatoms. The van der Waals surface area contributed by atoms with E-state index < -0.39 is 6.10 Å². The van der Waals surface area contributed by atoms with Crippen LogP contribution < -0.4 is 15.4 Å². The Morgan fingerprint density at radius 3 is 2.50 bits per heavy atom. The summed E-state index contributed by atoms with van der Waals surface area (Å²) in [5.41, 5.74) is 1.76. The van der Waals surface area contributed by atoms with Crippen LogP contribution in [-0.4, -0.2) is 24.5 Å². The minimum atomic E-state index is -0.688. The summed E-state index contributed by atoms with van der Waals surface area (Å²) in [7, 11) is 0. The highest BCUT2D eigenvalue weighted by atomic mass is 35.5. The van der Waals surface area contributed by atoms with Crippen molar-refractivity contribution in [3.63, 3.8) is 0 Å². The Morgan fingerprint density at radius 2 is 1.86 bits per heavy atom. The van der Waals surface area contributed by atoms with E-state index in [0.29, 0.717) is 40.9 Å². The standard InChI is InChI=1S/C22H27ClN2O3/c1-5-20(28-16-10-11-18(23)15(4)12-16)22(27)25-19-9-7-6-8-17(19)21(26)24-13-14(2)3/h6-12,14,20H,5,13H2,1-4H3,(H,24,26)(H,25,27)/t20-/m0/s1. The van der Waals surface area contributed by atoms with E-state index >= 15 is 0 Å². The zero-order valence-corrected chi connectivity index (χ0v) is 17.5. The van der Waals surface area contributed by atoms with Gasteiger partial charge in [-0.05, 0) is 55.2 Å². The van der Waals surface area contributed by atoms with Crippen molar-refractivity contribution in [3.8, 4) is 5.75 Å². The third kappa shape index (κ3) is 5.99. The van der Waals surface area contributed by atoms with Crippen LogP contribution in [0.4, 0.5) is 5.69 Å². The normalized spacial score (nSPS) is 11.8. The number of hydrogen-bond acceptors (Lipinski definition) is 3. The predicted molar refractivity (Wildman–Crippen MR) is 113 cm³/mol. The molecule has 2 rings (SSSR count). The number of carbonyl (C=O) groups is 2. The predicted octanol–water partition coefficient (Wildman–Crippen LogP) is 4.83. The molecule has 0 heterocycles. The average Bonchev–Trinajstić information content (AvgIpc) is 2.67. The molecule has 2 aromatic rings. The first kappa shape index (κ1) is 21.8. The van der Waals surface area contributed by atoms with Gasteiger partial charge in [0.2, 0.25) is 0 Å². The van der Waals surface area contributed by atoms with Crippen molar-refractivity contribution in [1.29, 1.82) is 0 Å². The number of nitrogens with one attached hydrogen (secondary N) is 2. The molecule has 0 spiro atoms. The lowest BCUT2D eigenvalue weighted by molar-refractivity contribution is -0.122. The minimum absolute atomic E-state index is 0.216. The van der Waals surface area contributed by atoms with Crippen LogP contribution in [-0.2, 0) is 4.79 Å². The summed E-state index contributed by atoms with van der Waals surface area (Å²) in [6.07, 6.45) is -0.206. The first-order valence-electron chi connectivity index (χ1n) is 9.42. The van der Waals surface area contributed by atoms with Gasteiger partial charge in [-0.1, -0.05) is 44.5 Å². The van der Waals surface area contributed by atoms with E-state index in [0.717, 1.165) is 5.56 Å². The second-order valence-corrected chi connectivity index (χ2v) is 7.47. The molecule has 0 aliphatic heterocycles. The number of aryl methyl sites for hydroxylation is 1. The number of para-hydroxylation sites is 1. The van der Waals surface area contributed by atoms with Crippen LogP contribution in [0.15, 0.2) is 42.5 Å². The fourth-order valence-corrected chi connectivity index (χ4v) is 2.69. The Balaban J connectivity index is 2.11. The lowest BCUT2D eigenvalue weighted by Crippen LogP contribution is -2.34. The Morgan fingerprint density at radius 1 is 1.14 bits per heavy atom. The number of halogens is 1. The zero-order valence-electron chi connectivity index (χ0n) is 16.7. The summed E-state index contributed by atoms with van der Waals surface area (Å²) in [4.78, 5) is 25.2. The number of benzene rings is 2. The van der Waals surface area contributed by atoms with E-state index in [1.807, 2.05) is 27.7 Å². The zero-order chi connectivity index (χ0) is 20.7. The largest absolute Gasteiger partial charge is 0.481 e. The molecule has 1 atom stereocenters. The number of rotatable bonds is 8. The lowest BCUT2D eigenvalue weighted by Gasteiger charge is -2.19. The molecular weight excluding hydrogens is 376 g/mol. The average molecular weight is 403 g/mol. The highest BCUT2D eigenvalue weighted by Gasteiger charge is 2.21. The molecular formula is C22H27ClN2O3. The van der Waals surface area contributed by atoms with Gasteiger partial charge in [-0.3, -0.25) is 9.59 Å². The Bertz CT molecular complexity index is 836. The van der Waals surface area contributed by atoms with E-state index in [4.69, 9.17) is 16.3 Å². The summed E-state index contributed by atoms with van der Waals surface area (Å²) < 4.78 is 5.84. The van der Waals surface area contributed by atoms with E-state index in [9.17, 15) is 9.59 Å². The van der Waals surface area contributed by atoms with Crippen LogP contribution in [0.2, 0.25) is 5.02 Å². The van der Waals surface area contributed by atoms with E-state index in [1.54, 1.807) is 42.5 Å². The number of carbonyl (C=O) groups excluding carboxylic acids is 2. The van der Waals surface area contributed by atoms with Crippen LogP contribution in [0.25, 0.3) is 0 Å². The summed E-state index contributed by atoms with van der Waals surface area (Å²) in [5, 5.41) is 6.34. The molecule has 2 aromatic carbocycles. The summed E-state index contributed by atoms with van der Waals surface area (Å²) in [5.74, 6) is 0.393. The topological polar surface area (TPSA) is 67.4 Å². The molecule has 0 unspecified atom stereocenters. The van der Waals surface area contributed by atoms with Crippen LogP contribution in [0.1, 0.15) is 43.1 Å². The second kappa shape index (κ2) is 10.1. The third-order valence-corrected chi connectivity index (χ3v) is 4.60. The number of amides is 2. The van der Waals surface area contributed by atoms with Gasteiger partial charge in [0.25, 0.3) is 11.8 Å². The van der Waals surface area contributed by atoms with Crippen molar-refractivity contribution < 1.29 is 14.3 Å². The quantitative estimate of drug-likeness (QED) is 0.664. The summed E-state index contributed by atoms with van der Waals surface area (Å²) >= 11 is 6.04. The fourth-order valence-electron chi connectivity index (χ4n) is 2.57. The van der Waals surface area contributed by atoms with Gasteiger partial charge in [0.15, 0.2) is 6.10 Å². The molecule has 0 saturated carbocycles. The van der Waals surface area contributed by atoms with Gasteiger partial charge in [-0.2, -0.15) is 0 Å². The minimum Gasteiger partial charge on any atom is -0.481 e. The highest BCUT2D eigenvalue weighted by molar-refractivity contribution is 6.31. The molecule has 2 amide bonds. The van der Waals surface area contributed by atoms with E-state index in [2.05, 4.69) is 10.6 Å². The van der Waals surface area contributed by atoms with Gasteiger partial charge in [-0.15, -0.1) is 0 Å². The molecule has 150 valence electrons. The molecule has 0 aliphatic rings. The molecule has 2 N–H and O–H groups in total. The molecule has 0 bridgehead atoms. The Hall–Kier alpha value is -2.53. The first-order valence-corrected chi connectivity index (χ1v) is 9.80. The molecule has 5 nitrogen and oxygen atoms in total. The number of anilines is 1. The molecule has 28 heavy (non-hydrogen) atoms. The second-order valence-electron chi connectivity index (χ2n) is 7.06. The molecule has 0 radical (unpaired) electrons. The highest BCUT2D eigenvalue weighted by Crippen LogP contribution is 2.23. The van der Waals surface area contributed by atoms with Crippen LogP contribution in [0, 0.1) is 12.8 Å². The third-order valence-electron chi connectivity index (χ3n) is 4.17. The molecule has 0 aromatic heterocycles. The van der Waals surface area contributed by atoms with Crippen molar-refractivity contribution in [3.05, 3.63) is 58.6 Å². The van der Waals surface area contributed by atoms with Gasteiger partial charge >= 0.3 is 0 Å². The van der Waals surface area contributed by atoms with Crippen molar-refractivity contribution in [1.82, 2.24) is 5.32 Å². The van der Waals surface area contributed by atoms with E-state index in [-0.39, 0.29) is 11.8 Å². The number of hydrogen-bond donors (Lipinski definition) is 2. The smallest absolute Gasteiger partial charge is 0.265 e. The van der Waals surface area contributed by atoms with Crippen molar-refractivity contribution in [2.75, 3.05) is 11.9 Å². The lowest BCUT2D eigenvalue weighted by atomic mass is 10.1. The van der Waals surface area contributed by atoms with Gasteiger partial charge < -0.3 is 15.4 Å². The van der Waals surface area contributed by atoms with Crippen molar-refractivity contribution in [2.45, 2.75) is 40.2 Å². The Labute approximate surface area is 171 Å². The van der Waals surface area contributed by atoms with Crippen molar-refractivity contribution in [2.24, 2.45) is 5.92 Å².